The maximum Gasteiger partial charge on any atom is 0.410 e. The first-order valence-corrected chi connectivity index (χ1v) is 15.5. The number of ether oxygens (including phenoxy) is 3. The summed E-state index contributed by atoms with van der Waals surface area (Å²) in [5.41, 5.74) is 1.87. The molecule has 2 aromatic rings. The van der Waals surface area contributed by atoms with Crippen LogP contribution in [-0.4, -0.2) is 97.0 Å². The summed E-state index contributed by atoms with van der Waals surface area (Å²) < 4.78 is 32.0. The summed E-state index contributed by atoms with van der Waals surface area (Å²) in [6.45, 7) is 9.51. The largest absolute Gasteiger partial charge is 0.492 e. The van der Waals surface area contributed by atoms with Gasteiger partial charge in [0.15, 0.2) is 11.6 Å². The van der Waals surface area contributed by atoms with Crippen LogP contribution in [0.5, 0.6) is 11.8 Å². The van der Waals surface area contributed by atoms with Gasteiger partial charge >= 0.3 is 12.1 Å². The predicted molar refractivity (Wildman–Crippen MR) is 165 cm³/mol. The quantitative estimate of drug-likeness (QED) is 0.449. The van der Waals surface area contributed by atoms with Crippen LogP contribution in [0.1, 0.15) is 57.7 Å². The van der Waals surface area contributed by atoms with E-state index in [1.54, 1.807) is 11.0 Å². The van der Waals surface area contributed by atoms with E-state index in [1.165, 1.54) is 13.2 Å². The molecule has 1 unspecified atom stereocenters. The van der Waals surface area contributed by atoms with Crippen LogP contribution in [0.2, 0.25) is 0 Å². The molecule has 2 fully saturated rings. The first kappa shape index (κ1) is 31.6. The highest BCUT2D eigenvalue weighted by atomic mass is 19.1. The number of rotatable bonds is 7. The Kier molecular flexibility index (Phi) is 9.63. The van der Waals surface area contributed by atoms with Crippen LogP contribution in [0.4, 0.5) is 20.7 Å². The molecule has 1 aromatic carbocycles. The molecule has 1 aromatic heterocycles. The Labute approximate surface area is 259 Å². The molecule has 3 aliphatic heterocycles. The zero-order valence-corrected chi connectivity index (χ0v) is 26.5. The average molecular weight is 610 g/mol. The van der Waals surface area contributed by atoms with Gasteiger partial charge < -0.3 is 33.8 Å². The minimum absolute atomic E-state index is 0.174. The molecule has 11 nitrogen and oxygen atoms in total. The summed E-state index contributed by atoms with van der Waals surface area (Å²) in [4.78, 5) is 31.1. The Morgan fingerprint density at radius 2 is 1.93 bits per heavy atom. The Morgan fingerprint density at radius 3 is 2.64 bits per heavy atom. The number of nitriles is 1. The molecule has 3 aliphatic rings. The molecule has 0 bridgehead atoms. The Balaban J connectivity index is 1.47. The number of nitrogens with zero attached hydrogens (tertiary/aromatic N) is 7. The minimum Gasteiger partial charge on any atom is -0.492 e. The van der Waals surface area contributed by atoms with Crippen molar-refractivity contribution in [3.63, 3.8) is 0 Å². The van der Waals surface area contributed by atoms with Crippen LogP contribution < -0.4 is 19.3 Å². The third-order valence-electron chi connectivity index (χ3n) is 8.55. The van der Waals surface area contributed by atoms with E-state index in [-0.39, 0.29) is 18.2 Å². The molecule has 2 saturated heterocycles. The van der Waals surface area contributed by atoms with Crippen molar-refractivity contribution in [1.82, 2.24) is 19.8 Å². The van der Waals surface area contributed by atoms with Crippen LogP contribution >= 0.6 is 0 Å². The molecule has 44 heavy (non-hydrogen) atoms. The molecule has 4 heterocycles. The molecular weight excluding hydrogens is 565 g/mol. The van der Waals surface area contributed by atoms with Gasteiger partial charge in [-0.15, -0.1) is 0 Å². The number of aromatic nitrogens is 2. The van der Waals surface area contributed by atoms with E-state index < -0.39 is 17.5 Å². The van der Waals surface area contributed by atoms with E-state index in [2.05, 4.69) is 27.8 Å². The van der Waals surface area contributed by atoms with E-state index in [1.807, 2.05) is 26.8 Å². The van der Waals surface area contributed by atoms with Gasteiger partial charge in [0.05, 0.1) is 43.6 Å². The smallest absolute Gasteiger partial charge is 0.410 e. The van der Waals surface area contributed by atoms with Gasteiger partial charge in [-0.2, -0.15) is 15.2 Å². The topological polar surface area (TPSA) is 107 Å². The van der Waals surface area contributed by atoms with Gasteiger partial charge in [0.25, 0.3) is 0 Å². The molecule has 5 rings (SSSR count). The number of hydrogen-bond acceptors (Lipinski definition) is 10. The zero-order valence-electron chi connectivity index (χ0n) is 26.5. The summed E-state index contributed by atoms with van der Waals surface area (Å²) >= 11 is 0. The predicted octanol–water partition coefficient (Wildman–Crippen LogP) is 4.39. The number of carbonyl (C=O) groups is 1. The molecule has 0 spiro atoms. The van der Waals surface area contributed by atoms with Crippen molar-refractivity contribution < 1.29 is 23.4 Å². The summed E-state index contributed by atoms with van der Waals surface area (Å²) in [6, 6.07) is 7.45. The SMILES string of the molecule is COc1c(F)cccc1N1CCCc2c(nc(OC[C@@H]3CCCN3C)nc2N2CCN(C(=O)OC(C)(C)C)C(CC#N)C2)C1. The maximum atomic E-state index is 14.7. The number of para-hydroxylation sites is 1. The Bertz CT molecular complexity index is 1380. The first-order valence-electron chi connectivity index (χ1n) is 15.5. The number of piperazine rings is 1. The fourth-order valence-corrected chi connectivity index (χ4v) is 6.32. The van der Waals surface area contributed by atoms with Crippen LogP contribution in [0.3, 0.4) is 0 Å². The minimum atomic E-state index is -0.634. The summed E-state index contributed by atoms with van der Waals surface area (Å²) in [7, 11) is 3.59. The van der Waals surface area contributed by atoms with Crippen LogP contribution in [0.25, 0.3) is 0 Å². The monoisotopic (exact) mass is 609 g/mol. The molecule has 0 N–H and O–H groups in total. The summed E-state index contributed by atoms with van der Waals surface area (Å²) in [6.07, 6.45) is 3.48. The maximum absolute atomic E-state index is 14.7. The third-order valence-corrected chi connectivity index (χ3v) is 8.55. The molecule has 12 heteroatoms. The highest BCUT2D eigenvalue weighted by Crippen LogP contribution is 2.36. The molecule has 2 atom stereocenters. The van der Waals surface area contributed by atoms with E-state index in [0.717, 1.165) is 49.3 Å². The van der Waals surface area contributed by atoms with Crippen molar-refractivity contribution >= 4 is 17.6 Å². The van der Waals surface area contributed by atoms with Gasteiger partial charge in [-0.25, -0.2) is 9.18 Å². The Hall–Kier alpha value is -3.85. The van der Waals surface area contributed by atoms with Gasteiger partial charge in [-0.3, -0.25) is 0 Å². The second kappa shape index (κ2) is 13.4. The molecule has 238 valence electrons. The highest BCUT2D eigenvalue weighted by molar-refractivity contribution is 5.69. The normalized spacial score (nSPS) is 21.0. The lowest BCUT2D eigenvalue weighted by Crippen LogP contribution is -2.56. The van der Waals surface area contributed by atoms with Crippen molar-refractivity contribution in [3.05, 3.63) is 35.3 Å². The van der Waals surface area contributed by atoms with Gasteiger partial charge in [0, 0.05) is 37.8 Å². The van der Waals surface area contributed by atoms with Crippen LogP contribution in [0, 0.1) is 17.1 Å². The van der Waals surface area contributed by atoms with Crippen LogP contribution in [0.15, 0.2) is 18.2 Å². The number of likely N-dealkylation sites (N-methyl/N-ethyl adjacent to an activating group) is 1. The third kappa shape index (κ3) is 7.09. The first-order chi connectivity index (χ1) is 21.1. The number of anilines is 2. The molecule has 0 radical (unpaired) electrons. The fraction of sp³-hybridized carbons (Fsp3) is 0.625. The van der Waals surface area contributed by atoms with Gasteiger partial charge in [0.2, 0.25) is 0 Å². The second-order valence-corrected chi connectivity index (χ2v) is 12.8. The number of halogens is 1. The summed E-state index contributed by atoms with van der Waals surface area (Å²) in [5.74, 6) is 0.571. The van der Waals surface area contributed by atoms with Crippen molar-refractivity contribution in [3.8, 4) is 17.8 Å². The molecular formula is C32H44FN7O4. The van der Waals surface area contributed by atoms with Gasteiger partial charge in [-0.05, 0) is 72.2 Å². The lowest BCUT2D eigenvalue weighted by molar-refractivity contribution is 0.0144. The number of hydrogen-bond donors (Lipinski definition) is 0. The average Bonchev–Trinajstić information content (AvgIpc) is 3.26. The van der Waals surface area contributed by atoms with Crippen molar-refractivity contribution in [2.45, 2.75) is 77.1 Å². The Morgan fingerprint density at radius 1 is 1.11 bits per heavy atom. The number of benzene rings is 1. The second-order valence-electron chi connectivity index (χ2n) is 12.8. The number of methoxy groups -OCH3 is 1. The highest BCUT2D eigenvalue weighted by Gasteiger charge is 2.36. The van der Waals surface area contributed by atoms with E-state index in [0.29, 0.717) is 57.1 Å². The standard InChI is InChI=1S/C32H44FN7O4/c1-32(2,3)44-31(41)40-18-17-39(19-22(40)13-14-34)29-24-10-8-16-38(27-12-6-11-25(33)28(27)42-5)20-26(24)35-30(36-29)43-21-23-9-7-15-37(23)4/h6,11-12,22-23H,7-10,13,15-21H2,1-5H3/t22?,23-/m0/s1. The molecule has 0 aliphatic carbocycles. The van der Waals surface area contributed by atoms with E-state index in [9.17, 15) is 14.4 Å². The zero-order chi connectivity index (χ0) is 31.4. The molecule has 0 saturated carbocycles. The van der Waals surface area contributed by atoms with E-state index >= 15 is 0 Å². The lowest BCUT2D eigenvalue weighted by Gasteiger charge is -2.42. The number of likely N-dealkylation sites (tertiary alicyclic amines) is 1. The molecule has 1 amide bonds. The van der Waals surface area contributed by atoms with Crippen molar-refractivity contribution in [1.29, 1.82) is 5.26 Å². The van der Waals surface area contributed by atoms with E-state index in [4.69, 9.17) is 24.2 Å². The fourth-order valence-electron chi connectivity index (χ4n) is 6.32. The van der Waals surface area contributed by atoms with Crippen LogP contribution in [-0.2, 0) is 17.7 Å². The number of carbonyl (C=O) groups excluding carboxylic acids is 1. The number of amides is 1. The van der Waals surface area contributed by atoms with Crippen molar-refractivity contribution in [2.24, 2.45) is 0 Å². The summed E-state index contributed by atoms with van der Waals surface area (Å²) in [5, 5.41) is 9.64. The lowest BCUT2D eigenvalue weighted by atomic mass is 10.1. The van der Waals surface area contributed by atoms with Crippen molar-refractivity contribution in [2.75, 3.05) is 63.3 Å². The van der Waals surface area contributed by atoms with Gasteiger partial charge in [0.1, 0.15) is 18.0 Å². The van der Waals surface area contributed by atoms with Gasteiger partial charge in [-0.1, -0.05) is 6.07 Å². The number of fused-ring (bicyclic) bond motifs is 1.